The highest BCUT2D eigenvalue weighted by atomic mass is 16.5. The molecule has 1 N–H and O–H groups in total. The zero-order valence-electron chi connectivity index (χ0n) is 18.2. The normalized spacial score (nSPS) is 26.8. The Kier molecular flexibility index (Phi) is 5.74. The van der Waals surface area contributed by atoms with Crippen molar-refractivity contribution in [1.29, 1.82) is 0 Å². The molecule has 2 heterocycles. The Hall–Kier alpha value is -1.32. The first-order valence-corrected chi connectivity index (χ1v) is 11.0. The Labute approximate surface area is 164 Å². The van der Waals surface area contributed by atoms with Gasteiger partial charge >= 0.3 is 0 Å². The van der Waals surface area contributed by atoms with Gasteiger partial charge in [0.15, 0.2) is 0 Å². The minimum atomic E-state index is -0.263. The Bertz CT molecular complexity index is 720. The smallest absolute Gasteiger partial charge is 0.258 e. The first-order valence-electron chi connectivity index (χ1n) is 11.0. The van der Waals surface area contributed by atoms with Crippen molar-refractivity contribution >= 4 is 0 Å². The Morgan fingerprint density at radius 3 is 2.67 bits per heavy atom. The minimum Gasteiger partial charge on any atom is -0.471 e. The molecule has 3 rings (SSSR count). The molecule has 1 aromatic heterocycles. The molecule has 3 atom stereocenters. The monoisotopic (exact) mass is 374 g/mol. The van der Waals surface area contributed by atoms with Crippen LogP contribution in [0, 0.1) is 11.8 Å². The molecule has 0 bridgehead atoms. The van der Waals surface area contributed by atoms with Crippen molar-refractivity contribution in [3.63, 3.8) is 0 Å². The van der Waals surface area contributed by atoms with Crippen LogP contribution in [0.4, 0.5) is 0 Å². The van der Waals surface area contributed by atoms with E-state index in [1.54, 1.807) is 0 Å². The number of nitrogens with one attached hydrogen (secondary N) is 1. The lowest BCUT2D eigenvalue weighted by molar-refractivity contribution is -0.0190. The number of unbranched alkanes of at least 4 members (excludes halogenated alkanes) is 3. The lowest BCUT2D eigenvalue weighted by atomic mass is 9.65. The van der Waals surface area contributed by atoms with Gasteiger partial charge in [0.1, 0.15) is 11.4 Å². The average molecular weight is 375 g/mol. The van der Waals surface area contributed by atoms with Crippen LogP contribution in [0.1, 0.15) is 110 Å². The fourth-order valence-corrected chi connectivity index (χ4v) is 5.16. The molecule has 0 unspecified atom stereocenters. The van der Waals surface area contributed by atoms with Crippen molar-refractivity contribution in [3.8, 4) is 5.88 Å². The fourth-order valence-electron chi connectivity index (χ4n) is 5.16. The third kappa shape index (κ3) is 4.09. The van der Waals surface area contributed by atoms with Crippen molar-refractivity contribution in [1.82, 2.24) is 9.97 Å². The SMILES string of the molecule is CCCCCCC(C)(C)c1nc2c(c(=O)[nH]1)[C@@H]1C[C@H](C)CC[C@H]1C(C)(C)O2. The number of ether oxygens (including phenoxy) is 1. The molecule has 0 radical (unpaired) electrons. The second-order valence-electron chi connectivity index (χ2n) is 10.2. The van der Waals surface area contributed by atoms with E-state index in [0.717, 1.165) is 37.1 Å². The molecule has 1 saturated carbocycles. The maximum atomic E-state index is 13.1. The first kappa shape index (κ1) is 20.4. The number of nitrogens with zero attached hydrogens (tertiary/aromatic N) is 1. The third-order valence-corrected chi connectivity index (χ3v) is 6.95. The van der Waals surface area contributed by atoms with Crippen LogP contribution in [0.15, 0.2) is 4.79 Å². The van der Waals surface area contributed by atoms with Crippen molar-refractivity contribution in [2.24, 2.45) is 11.8 Å². The molecule has 2 aliphatic rings. The lowest BCUT2D eigenvalue weighted by Crippen LogP contribution is -2.49. The van der Waals surface area contributed by atoms with Gasteiger partial charge in [-0.3, -0.25) is 4.79 Å². The molecule has 4 nitrogen and oxygen atoms in total. The highest BCUT2D eigenvalue weighted by molar-refractivity contribution is 5.34. The number of aromatic amines is 1. The molecule has 1 aromatic rings. The van der Waals surface area contributed by atoms with Crippen LogP contribution >= 0.6 is 0 Å². The van der Waals surface area contributed by atoms with Crippen molar-refractivity contribution < 1.29 is 4.74 Å². The van der Waals surface area contributed by atoms with Crippen molar-refractivity contribution in [3.05, 3.63) is 21.7 Å². The van der Waals surface area contributed by atoms with Crippen LogP contribution in [0.2, 0.25) is 0 Å². The lowest BCUT2D eigenvalue weighted by Gasteiger charge is -2.47. The number of aromatic nitrogens is 2. The summed E-state index contributed by atoms with van der Waals surface area (Å²) >= 11 is 0. The van der Waals surface area contributed by atoms with E-state index in [1.165, 1.54) is 25.7 Å². The summed E-state index contributed by atoms with van der Waals surface area (Å²) in [7, 11) is 0. The van der Waals surface area contributed by atoms with Crippen molar-refractivity contribution in [2.45, 2.75) is 110 Å². The van der Waals surface area contributed by atoms with Gasteiger partial charge in [-0.1, -0.05) is 59.8 Å². The molecule has 0 spiro atoms. The highest BCUT2D eigenvalue weighted by Gasteiger charge is 2.48. The molecule has 152 valence electrons. The van der Waals surface area contributed by atoms with E-state index in [1.807, 2.05) is 0 Å². The zero-order valence-corrected chi connectivity index (χ0v) is 18.2. The number of hydrogen-bond acceptors (Lipinski definition) is 3. The summed E-state index contributed by atoms with van der Waals surface area (Å²) in [4.78, 5) is 21.1. The van der Waals surface area contributed by atoms with Gasteiger partial charge in [0.2, 0.25) is 5.88 Å². The number of rotatable bonds is 6. The summed E-state index contributed by atoms with van der Waals surface area (Å²) in [5.41, 5.74) is 0.417. The summed E-state index contributed by atoms with van der Waals surface area (Å²) < 4.78 is 6.35. The molecule has 1 fully saturated rings. The maximum absolute atomic E-state index is 13.1. The van der Waals surface area contributed by atoms with Gasteiger partial charge in [-0.2, -0.15) is 4.98 Å². The molecular formula is C23H38N2O2. The van der Waals surface area contributed by atoms with Gasteiger partial charge in [-0.15, -0.1) is 0 Å². The zero-order chi connectivity index (χ0) is 19.8. The van der Waals surface area contributed by atoms with Crippen LogP contribution in [0.25, 0.3) is 0 Å². The molecule has 4 heteroatoms. The van der Waals surface area contributed by atoms with E-state index < -0.39 is 0 Å². The summed E-state index contributed by atoms with van der Waals surface area (Å²) in [5, 5.41) is 0. The average Bonchev–Trinajstić information content (AvgIpc) is 2.57. The topological polar surface area (TPSA) is 55.0 Å². The van der Waals surface area contributed by atoms with Crippen LogP contribution in [0.3, 0.4) is 0 Å². The number of H-pyrrole nitrogens is 1. The van der Waals surface area contributed by atoms with E-state index in [-0.39, 0.29) is 22.5 Å². The standard InChI is InChI=1S/C23H38N2O2/c1-7-8-9-10-13-22(3,4)21-24-19(26)18-16-14-15(2)11-12-17(16)23(5,6)27-20(18)25-21/h15-17H,7-14H2,1-6H3,(H,24,25,26)/t15-,16-,17-/m1/s1. The van der Waals surface area contributed by atoms with E-state index in [9.17, 15) is 4.79 Å². The summed E-state index contributed by atoms with van der Waals surface area (Å²) in [5.74, 6) is 2.70. The predicted molar refractivity (Wildman–Crippen MR) is 111 cm³/mol. The molecule has 0 aromatic carbocycles. The molecule has 27 heavy (non-hydrogen) atoms. The van der Waals surface area contributed by atoms with E-state index in [4.69, 9.17) is 9.72 Å². The number of hydrogen-bond donors (Lipinski definition) is 1. The van der Waals surface area contributed by atoms with E-state index in [0.29, 0.717) is 17.7 Å². The Morgan fingerprint density at radius 2 is 1.96 bits per heavy atom. The van der Waals surface area contributed by atoms with Crippen LogP contribution in [-0.2, 0) is 5.41 Å². The van der Waals surface area contributed by atoms with E-state index >= 15 is 0 Å². The van der Waals surface area contributed by atoms with Crippen molar-refractivity contribution in [2.75, 3.05) is 0 Å². The van der Waals surface area contributed by atoms with Gasteiger partial charge in [0.05, 0.1) is 5.56 Å². The second-order valence-corrected chi connectivity index (χ2v) is 10.2. The van der Waals surface area contributed by atoms with Crippen LogP contribution < -0.4 is 10.3 Å². The molecule has 0 amide bonds. The first-order chi connectivity index (χ1) is 12.7. The highest BCUT2D eigenvalue weighted by Crippen LogP contribution is 2.51. The summed E-state index contributed by atoms with van der Waals surface area (Å²) in [6, 6.07) is 0. The largest absolute Gasteiger partial charge is 0.471 e. The predicted octanol–water partition coefficient (Wildman–Crippen LogP) is 5.71. The molecule has 1 aliphatic heterocycles. The van der Waals surface area contributed by atoms with Gasteiger partial charge in [-0.05, 0) is 39.0 Å². The Morgan fingerprint density at radius 1 is 1.22 bits per heavy atom. The van der Waals surface area contributed by atoms with Gasteiger partial charge in [0.25, 0.3) is 5.56 Å². The molecule has 0 saturated heterocycles. The van der Waals surface area contributed by atoms with E-state index in [2.05, 4.69) is 46.5 Å². The second kappa shape index (κ2) is 7.60. The van der Waals surface area contributed by atoms with Gasteiger partial charge in [-0.25, -0.2) is 0 Å². The quantitative estimate of drug-likeness (QED) is 0.649. The van der Waals surface area contributed by atoms with Gasteiger partial charge < -0.3 is 9.72 Å². The molecule has 1 aliphatic carbocycles. The fraction of sp³-hybridized carbons (Fsp3) is 0.826. The minimum absolute atomic E-state index is 0.0243. The Balaban J connectivity index is 1.93. The maximum Gasteiger partial charge on any atom is 0.258 e. The van der Waals surface area contributed by atoms with Gasteiger partial charge in [0, 0.05) is 17.3 Å². The molecular weight excluding hydrogens is 336 g/mol. The van der Waals surface area contributed by atoms with Crippen LogP contribution in [0.5, 0.6) is 5.88 Å². The number of fused-ring (bicyclic) bond motifs is 3. The van der Waals surface area contributed by atoms with Crippen LogP contribution in [-0.4, -0.2) is 15.6 Å². The third-order valence-electron chi connectivity index (χ3n) is 6.95. The summed E-state index contributed by atoms with van der Waals surface area (Å²) in [6.45, 7) is 13.2. The summed E-state index contributed by atoms with van der Waals surface area (Å²) in [6.07, 6.45) is 9.34.